The van der Waals surface area contributed by atoms with Crippen LogP contribution in [0.4, 0.5) is 0 Å². The van der Waals surface area contributed by atoms with Crippen LogP contribution < -0.4 is 10.6 Å². The molecule has 0 aliphatic carbocycles. The van der Waals surface area contributed by atoms with Crippen molar-refractivity contribution in [2.75, 3.05) is 26.8 Å². The molecule has 146 valence electrons. The number of nitrogens with one attached hydrogen (secondary N) is 2. The zero-order chi connectivity index (χ0) is 17.5. The molecule has 1 unspecified atom stereocenters. The van der Waals surface area contributed by atoms with Crippen LogP contribution in [0.3, 0.4) is 0 Å². The van der Waals surface area contributed by atoms with Gasteiger partial charge in [0.05, 0.1) is 30.6 Å². The lowest BCUT2D eigenvalue weighted by Crippen LogP contribution is -2.36. The SMILES string of the molecule is COCCNCC(=O)NC(C)c1ccc(-n2nc(C)cc2C)cc1.Cl.Cl. The van der Waals surface area contributed by atoms with Crippen molar-refractivity contribution in [2.45, 2.75) is 26.8 Å². The molecule has 1 atom stereocenters. The lowest BCUT2D eigenvalue weighted by molar-refractivity contribution is -0.120. The van der Waals surface area contributed by atoms with Gasteiger partial charge in [0.25, 0.3) is 0 Å². The molecule has 1 amide bonds. The molecule has 2 aromatic rings. The van der Waals surface area contributed by atoms with Crippen molar-refractivity contribution in [1.29, 1.82) is 0 Å². The summed E-state index contributed by atoms with van der Waals surface area (Å²) < 4.78 is 6.85. The normalized spacial score (nSPS) is 11.2. The summed E-state index contributed by atoms with van der Waals surface area (Å²) in [5, 5.41) is 10.5. The number of aromatic nitrogens is 2. The smallest absolute Gasteiger partial charge is 0.234 e. The topological polar surface area (TPSA) is 68.2 Å². The van der Waals surface area contributed by atoms with E-state index in [1.807, 2.05) is 55.8 Å². The number of benzene rings is 1. The third-order valence-corrected chi connectivity index (χ3v) is 3.79. The van der Waals surface area contributed by atoms with Crippen LogP contribution in [0.5, 0.6) is 0 Å². The summed E-state index contributed by atoms with van der Waals surface area (Å²) in [5.41, 5.74) is 4.18. The van der Waals surface area contributed by atoms with Gasteiger partial charge in [-0.1, -0.05) is 12.1 Å². The van der Waals surface area contributed by atoms with Gasteiger partial charge in [0, 0.05) is 19.3 Å². The van der Waals surface area contributed by atoms with Gasteiger partial charge in [-0.25, -0.2) is 4.68 Å². The molecule has 1 heterocycles. The molecule has 8 heteroatoms. The predicted octanol–water partition coefficient (Wildman–Crippen LogP) is 2.75. The third-order valence-electron chi connectivity index (χ3n) is 3.79. The van der Waals surface area contributed by atoms with Gasteiger partial charge >= 0.3 is 0 Å². The van der Waals surface area contributed by atoms with E-state index in [0.717, 1.165) is 22.6 Å². The Kier molecular flexibility index (Phi) is 11.2. The number of ether oxygens (including phenoxy) is 1. The summed E-state index contributed by atoms with van der Waals surface area (Å²) in [4.78, 5) is 11.9. The van der Waals surface area contributed by atoms with Crippen molar-refractivity contribution in [3.8, 4) is 5.69 Å². The van der Waals surface area contributed by atoms with Crippen LogP contribution in [-0.4, -0.2) is 42.5 Å². The molecule has 0 bridgehead atoms. The van der Waals surface area contributed by atoms with Crippen molar-refractivity contribution in [3.63, 3.8) is 0 Å². The molecule has 0 spiro atoms. The minimum absolute atomic E-state index is 0. The minimum Gasteiger partial charge on any atom is -0.383 e. The molecule has 2 rings (SSSR count). The van der Waals surface area contributed by atoms with Crippen LogP contribution in [-0.2, 0) is 9.53 Å². The fraction of sp³-hybridized carbons (Fsp3) is 0.444. The largest absolute Gasteiger partial charge is 0.383 e. The van der Waals surface area contributed by atoms with E-state index >= 15 is 0 Å². The van der Waals surface area contributed by atoms with Gasteiger partial charge in [0.1, 0.15) is 0 Å². The van der Waals surface area contributed by atoms with E-state index in [9.17, 15) is 4.79 Å². The summed E-state index contributed by atoms with van der Waals surface area (Å²) in [6.07, 6.45) is 0. The van der Waals surface area contributed by atoms with E-state index in [2.05, 4.69) is 15.7 Å². The molecular weight excluding hydrogens is 375 g/mol. The van der Waals surface area contributed by atoms with E-state index in [0.29, 0.717) is 13.2 Å². The van der Waals surface area contributed by atoms with Gasteiger partial charge < -0.3 is 15.4 Å². The van der Waals surface area contributed by atoms with Crippen molar-refractivity contribution in [3.05, 3.63) is 47.3 Å². The number of halogens is 2. The molecule has 0 aliphatic heterocycles. The highest BCUT2D eigenvalue weighted by atomic mass is 35.5. The van der Waals surface area contributed by atoms with Crippen LogP contribution >= 0.6 is 24.8 Å². The molecule has 6 nitrogen and oxygen atoms in total. The van der Waals surface area contributed by atoms with Gasteiger partial charge in [0.2, 0.25) is 5.91 Å². The number of amides is 1. The highest BCUT2D eigenvalue weighted by Gasteiger charge is 2.10. The molecular formula is C18H28Cl2N4O2. The first kappa shape index (κ1) is 24.4. The summed E-state index contributed by atoms with van der Waals surface area (Å²) in [7, 11) is 1.64. The van der Waals surface area contributed by atoms with E-state index in [4.69, 9.17) is 4.74 Å². The zero-order valence-electron chi connectivity index (χ0n) is 15.6. The number of hydrogen-bond donors (Lipinski definition) is 2. The molecule has 2 N–H and O–H groups in total. The predicted molar refractivity (Wildman–Crippen MR) is 109 cm³/mol. The van der Waals surface area contributed by atoms with Gasteiger partial charge in [-0.2, -0.15) is 5.10 Å². The van der Waals surface area contributed by atoms with Gasteiger partial charge in [-0.15, -0.1) is 24.8 Å². The average molecular weight is 403 g/mol. The second-order valence-corrected chi connectivity index (χ2v) is 5.89. The van der Waals surface area contributed by atoms with Gasteiger partial charge in [0.15, 0.2) is 0 Å². The third kappa shape index (κ3) is 6.96. The monoisotopic (exact) mass is 402 g/mol. The number of aryl methyl sites for hydroxylation is 2. The van der Waals surface area contributed by atoms with E-state index < -0.39 is 0 Å². The standard InChI is InChI=1S/C18H26N4O2.2ClH/c1-13-11-14(2)22(21-13)17-7-5-16(6-8-17)15(3)20-18(23)12-19-9-10-24-4;;/h5-8,11,15,19H,9-10,12H2,1-4H3,(H,20,23);2*1H. The zero-order valence-corrected chi connectivity index (χ0v) is 17.2. The van der Waals surface area contributed by atoms with Gasteiger partial charge in [-0.05, 0) is 44.5 Å². The molecule has 26 heavy (non-hydrogen) atoms. The molecule has 0 aliphatic rings. The maximum Gasteiger partial charge on any atom is 0.234 e. The average Bonchev–Trinajstić information content (AvgIpc) is 2.90. The first-order valence-corrected chi connectivity index (χ1v) is 8.14. The van der Waals surface area contributed by atoms with Crippen molar-refractivity contribution >= 4 is 30.7 Å². The number of rotatable bonds is 8. The number of methoxy groups -OCH3 is 1. The van der Waals surface area contributed by atoms with E-state index in [1.165, 1.54) is 0 Å². The first-order valence-electron chi connectivity index (χ1n) is 8.14. The Morgan fingerprint density at radius 3 is 2.42 bits per heavy atom. The molecule has 0 fully saturated rings. The summed E-state index contributed by atoms with van der Waals surface area (Å²) >= 11 is 0. The Morgan fingerprint density at radius 2 is 1.88 bits per heavy atom. The fourth-order valence-corrected chi connectivity index (χ4v) is 2.55. The lowest BCUT2D eigenvalue weighted by atomic mass is 10.1. The Labute approximate surface area is 167 Å². The van der Waals surface area contributed by atoms with Crippen LogP contribution in [0.25, 0.3) is 5.69 Å². The first-order chi connectivity index (χ1) is 11.5. The number of carbonyl (C=O) groups excluding carboxylic acids is 1. The summed E-state index contributed by atoms with van der Waals surface area (Å²) in [5.74, 6) is -0.0266. The van der Waals surface area contributed by atoms with Crippen molar-refractivity contribution in [1.82, 2.24) is 20.4 Å². The molecule has 1 aromatic carbocycles. The fourth-order valence-electron chi connectivity index (χ4n) is 2.55. The Balaban J connectivity index is 0.00000312. The van der Waals surface area contributed by atoms with Gasteiger partial charge in [-0.3, -0.25) is 4.79 Å². The Bertz CT molecular complexity index is 674. The van der Waals surface area contributed by atoms with Crippen molar-refractivity contribution in [2.24, 2.45) is 0 Å². The van der Waals surface area contributed by atoms with Crippen LogP contribution in [0, 0.1) is 13.8 Å². The summed E-state index contributed by atoms with van der Waals surface area (Å²) in [6, 6.07) is 10.1. The quantitative estimate of drug-likeness (QED) is 0.666. The van der Waals surface area contributed by atoms with Crippen LogP contribution in [0.15, 0.2) is 30.3 Å². The van der Waals surface area contributed by atoms with Crippen LogP contribution in [0.1, 0.15) is 29.9 Å². The van der Waals surface area contributed by atoms with Crippen molar-refractivity contribution < 1.29 is 9.53 Å². The number of hydrogen-bond acceptors (Lipinski definition) is 4. The number of nitrogens with zero attached hydrogens (tertiary/aromatic N) is 2. The Hall–Kier alpha value is -1.60. The van der Waals surface area contributed by atoms with E-state index in [1.54, 1.807) is 7.11 Å². The molecule has 0 saturated heterocycles. The highest BCUT2D eigenvalue weighted by molar-refractivity contribution is 5.85. The second kappa shape index (κ2) is 11.9. The Morgan fingerprint density at radius 1 is 1.23 bits per heavy atom. The van der Waals surface area contributed by atoms with Crippen LogP contribution in [0.2, 0.25) is 0 Å². The minimum atomic E-state index is -0.0452. The highest BCUT2D eigenvalue weighted by Crippen LogP contribution is 2.17. The molecule has 0 radical (unpaired) electrons. The summed E-state index contributed by atoms with van der Waals surface area (Å²) in [6.45, 7) is 7.54. The molecule has 0 saturated carbocycles. The maximum atomic E-state index is 11.9. The second-order valence-electron chi connectivity index (χ2n) is 5.89. The lowest BCUT2D eigenvalue weighted by Gasteiger charge is -2.15. The number of carbonyl (C=O) groups is 1. The van der Waals surface area contributed by atoms with E-state index in [-0.39, 0.29) is 43.3 Å². The molecule has 1 aromatic heterocycles. The maximum absolute atomic E-state index is 11.9.